The molecule has 0 amide bonds. The normalized spacial score (nSPS) is 15.4. The lowest BCUT2D eigenvalue weighted by Gasteiger charge is -2.26. The number of anilines is 2. The van der Waals surface area contributed by atoms with Crippen LogP contribution in [0, 0.1) is 5.92 Å². The highest BCUT2D eigenvalue weighted by Gasteiger charge is 2.25. The fourth-order valence-electron chi connectivity index (χ4n) is 4.06. The first-order valence-corrected chi connectivity index (χ1v) is 11.6. The lowest BCUT2D eigenvalue weighted by atomic mass is 9.94. The maximum absolute atomic E-state index is 8.99. The second-order valence-corrected chi connectivity index (χ2v) is 10.5. The van der Waals surface area contributed by atoms with E-state index in [0.717, 1.165) is 54.5 Å². The number of rotatable bonds is 6. The van der Waals surface area contributed by atoms with E-state index in [4.69, 9.17) is 14.9 Å². The Hall–Kier alpha value is -2.22. The van der Waals surface area contributed by atoms with Crippen molar-refractivity contribution in [2.45, 2.75) is 50.5 Å². The second kappa shape index (κ2) is 9.10. The van der Waals surface area contributed by atoms with E-state index in [0.29, 0.717) is 11.6 Å². The summed E-state index contributed by atoms with van der Waals surface area (Å²) in [5.41, 5.74) is 6.18. The summed E-state index contributed by atoms with van der Waals surface area (Å²) >= 11 is 1.64. The van der Waals surface area contributed by atoms with Gasteiger partial charge in [0.15, 0.2) is 0 Å². The third kappa shape index (κ3) is 5.00. The fraction of sp³-hybridized carbons (Fsp3) is 0.458. The summed E-state index contributed by atoms with van der Waals surface area (Å²) in [6.07, 6.45) is 2.23. The van der Waals surface area contributed by atoms with Crippen LogP contribution in [0.25, 0.3) is 11.0 Å². The minimum absolute atomic E-state index is 0.0203. The molecule has 6 nitrogen and oxygen atoms in total. The highest BCUT2D eigenvalue weighted by atomic mass is 32.2. The lowest BCUT2D eigenvalue weighted by molar-refractivity contribution is 0.0611. The van der Waals surface area contributed by atoms with Crippen LogP contribution in [0.15, 0.2) is 47.4 Å². The Labute approximate surface area is 188 Å². The number of nitrogens with one attached hydrogen (secondary N) is 1. The number of benzene rings is 2. The van der Waals surface area contributed by atoms with Crippen LogP contribution in [0.2, 0.25) is 0 Å². The standard InChI is InChI=1S/C24H32N4O2S/c1-24(2,3)23-25-21-15-19(27(4)31-20-8-5-18(26-29)6-9-20)7-10-22(21)28(23)16-17-11-13-30-14-12-17/h5-10,15,17,26,29H,11-14,16H2,1-4H3. The van der Waals surface area contributed by atoms with E-state index in [9.17, 15) is 0 Å². The zero-order valence-corrected chi connectivity index (χ0v) is 19.6. The molecule has 2 N–H and O–H groups in total. The van der Waals surface area contributed by atoms with Gasteiger partial charge in [0.2, 0.25) is 0 Å². The molecule has 0 aliphatic carbocycles. The summed E-state index contributed by atoms with van der Waals surface area (Å²) in [4.78, 5) is 6.18. The van der Waals surface area contributed by atoms with Crippen LogP contribution in [0.5, 0.6) is 0 Å². The molecule has 4 rings (SSSR count). The Morgan fingerprint density at radius 2 is 1.87 bits per heavy atom. The number of imidazole rings is 1. The average molecular weight is 441 g/mol. The van der Waals surface area contributed by atoms with Gasteiger partial charge in [-0.1, -0.05) is 20.8 Å². The van der Waals surface area contributed by atoms with Gasteiger partial charge in [-0.15, -0.1) is 0 Å². The molecule has 31 heavy (non-hydrogen) atoms. The molecule has 0 bridgehead atoms. The minimum Gasteiger partial charge on any atom is -0.381 e. The minimum atomic E-state index is -0.0203. The summed E-state index contributed by atoms with van der Waals surface area (Å²) in [5.74, 6) is 1.79. The van der Waals surface area contributed by atoms with Crippen LogP contribution in [0.4, 0.5) is 11.4 Å². The van der Waals surface area contributed by atoms with E-state index in [2.05, 4.69) is 60.4 Å². The molecule has 0 spiro atoms. The van der Waals surface area contributed by atoms with Crippen LogP contribution < -0.4 is 9.79 Å². The predicted molar refractivity (Wildman–Crippen MR) is 128 cm³/mol. The Morgan fingerprint density at radius 1 is 1.16 bits per heavy atom. The van der Waals surface area contributed by atoms with E-state index < -0.39 is 0 Å². The van der Waals surface area contributed by atoms with Gasteiger partial charge in [0.05, 0.1) is 16.7 Å². The number of hydrogen-bond donors (Lipinski definition) is 2. The summed E-state index contributed by atoms with van der Waals surface area (Å²) < 4.78 is 10.1. The van der Waals surface area contributed by atoms with E-state index in [1.54, 1.807) is 11.9 Å². The molecule has 0 atom stereocenters. The molecular formula is C24H32N4O2S. The zero-order valence-electron chi connectivity index (χ0n) is 18.8. The van der Waals surface area contributed by atoms with Gasteiger partial charge in [-0.05, 0) is 73.2 Å². The first kappa shape index (κ1) is 22.0. The molecule has 0 saturated carbocycles. The first-order chi connectivity index (χ1) is 14.8. The zero-order chi connectivity index (χ0) is 22.0. The van der Waals surface area contributed by atoms with Crippen LogP contribution in [-0.2, 0) is 16.7 Å². The summed E-state index contributed by atoms with van der Waals surface area (Å²) in [5, 5.41) is 8.99. The van der Waals surface area contributed by atoms with Gasteiger partial charge in [0.25, 0.3) is 0 Å². The molecule has 166 valence electrons. The molecule has 0 unspecified atom stereocenters. The van der Waals surface area contributed by atoms with Crippen molar-refractivity contribution in [1.82, 2.24) is 9.55 Å². The van der Waals surface area contributed by atoms with Gasteiger partial charge >= 0.3 is 0 Å². The highest BCUT2D eigenvalue weighted by molar-refractivity contribution is 8.00. The fourth-order valence-corrected chi connectivity index (χ4v) is 4.85. The van der Waals surface area contributed by atoms with Gasteiger partial charge in [-0.25, -0.2) is 4.98 Å². The summed E-state index contributed by atoms with van der Waals surface area (Å²) in [6.45, 7) is 9.45. The first-order valence-electron chi connectivity index (χ1n) is 10.9. The van der Waals surface area contributed by atoms with Gasteiger partial charge in [0, 0.05) is 42.8 Å². The van der Waals surface area contributed by atoms with Crippen LogP contribution >= 0.6 is 11.9 Å². The van der Waals surface area contributed by atoms with Crippen molar-refractivity contribution < 1.29 is 9.94 Å². The summed E-state index contributed by atoms with van der Waals surface area (Å²) in [6, 6.07) is 14.2. The largest absolute Gasteiger partial charge is 0.381 e. The number of nitrogens with zero attached hydrogens (tertiary/aromatic N) is 3. The van der Waals surface area contributed by atoms with E-state index in [1.165, 1.54) is 5.52 Å². The van der Waals surface area contributed by atoms with Crippen molar-refractivity contribution in [3.05, 3.63) is 48.3 Å². The van der Waals surface area contributed by atoms with Crippen molar-refractivity contribution in [1.29, 1.82) is 0 Å². The van der Waals surface area contributed by atoms with Crippen molar-refractivity contribution in [3.8, 4) is 0 Å². The molecule has 1 saturated heterocycles. The van der Waals surface area contributed by atoms with Gasteiger partial charge in [-0.3, -0.25) is 10.7 Å². The van der Waals surface area contributed by atoms with Crippen molar-refractivity contribution in [2.24, 2.45) is 5.92 Å². The number of aromatic nitrogens is 2. The van der Waals surface area contributed by atoms with Crippen molar-refractivity contribution in [2.75, 3.05) is 30.0 Å². The maximum atomic E-state index is 8.99. The molecule has 2 heterocycles. The Balaban J connectivity index is 1.61. The molecule has 1 aliphatic heterocycles. The smallest absolute Gasteiger partial charge is 0.115 e. The van der Waals surface area contributed by atoms with Crippen LogP contribution in [0.1, 0.15) is 39.4 Å². The van der Waals surface area contributed by atoms with Crippen molar-refractivity contribution in [3.63, 3.8) is 0 Å². The quantitative estimate of drug-likeness (QED) is 0.378. The Morgan fingerprint density at radius 3 is 2.52 bits per heavy atom. The lowest BCUT2D eigenvalue weighted by Crippen LogP contribution is -2.25. The van der Waals surface area contributed by atoms with Gasteiger partial charge < -0.3 is 13.6 Å². The van der Waals surface area contributed by atoms with Crippen LogP contribution in [0.3, 0.4) is 0 Å². The highest BCUT2D eigenvalue weighted by Crippen LogP contribution is 2.33. The molecule has 1 aromatic heterocycles. The van der Waals surface area contributed by atoms with Gasteiger partial charge in [-0.2, -0.15) is 0 Å². The molecule has 1 aliphatic rings. The van der Waals surface area contributed by atoms with Crippen molar-refractivity contribution >= 4 is 34.4 Å². The third-order valence-corrected chi connectivity index (χ3v) is 6.74. The predicted octanol–water partition coefficient (Wildman–Crippen LogP) is 5.71. The number of fused-ring (bicyclic) bond motifs is 1. The maximum Gasteiger partial charge on any atom is 0.115 e. The van der Waals surface area contributed by atoms with E-state index in [1.807, 2.05) is 24.3 Å². The average Bonchev–Trinajstić information content (AvgIpc) is 3.13. The third-order valence-electron chi connectivity index (χ3n) is 5.77. The van der Waals surface area contributed by atoms with Gasteiger partial charge in [0.1, 0.15) is 5.82 Å². The molecule has 7 heteroatoms. The molecule has 3 aromatic rings. The van der Waals surface area contributed by atoms with E-state index >= 15 is 0 Å². The second-order valence-electron chi connectivity index (χ2n) is 9.25. The monoisotopic (exact) mass is 440 g/mol. The molecular weight excluding hydrogens is 408 g/mol. The number of ether oxygens (including phenoxy) is 1. The molecule has 0 radical (unpaired) electrons. The van der Waals surface area contributed by atoms with E-state index in [-0.39, 0.29) is 5.41 Å². The Kier molecular flexibility index (Phi) is 6.46. The van der Waals surface area contributed by atoms with Crippen LogP contribution in [-0.4, -0.2) is 35.0 Å². The Bertz CT molecular complexity index is 1020. The summed E-state index contributed by atoms with van der Waals surface area (Å²) in [7, 11) is 2.06. The molecule has 2 aromatic carbocycles. The topological polar surface area (TPSA) is 62.5 Å². The number of hydrogen-bond acceptors (Lipinski definition) is 6. The SMILES string of the molecule is CN(Sc1ccc(NO)cc1)c1ccc2c(c1)nc(C(C)(C)C)n2CC1CCOCC1. The molecule has 1 fully saturated rings.